The number of nitrogen functional groups attached to an aromatic ring is 1. The summed E-state index contributed by atoms with van der Waals surface area (Å²) in [4.78, 5) is 0.285. The second-order valence-electron chi connectivity index (χ2n) is 5.43. The minimum atomic E-state index is -3.50. The molecule has 0 spiro atoms. The summed E-state index contributed by atoms with van der Waals surface area (Å²) in [6, 6.07) is 7.06. The number of anilines is 1. The fraction of sp³-hybridized carbons (Fsp3) is 0.333. The molecule has 4 nitrogen and oxygen atoms in total. The zero-order chi connectivity index (χ0) is 15.0. The Balaban J connectivity index is 1.95. The summed E-state index contributed by atoms with van der Waals surface area (Å²) in [7, 11) is -3.50. The zero-order valence-corrected chi connectivity index (χ0v) is 13.5. The fourth-order valence-electron chi connectivity index (χ4n) is 2.25. The van der Waals surface area contributed by atoms with Crippen molar-refractivity contribution in [2.24, 2.45) is 0 Å². The van der Waals surface area contributed by atoms with Crippen LogP contribution in [0.1, 0.15) is 24.0 Å². The van der Waals surface area contributed by atoms with E-state index in [0.717, 1.165) is 24.0 Å². The molecular formula is C15H18N2O2S2. The van der Waals surface area contributed by atoms with Crippen LogP contribution < -0.4 is 5.73 Å². The molecule has 21 heavy (non-hydrogen) atoms. The van der Waals surface area contributed by atoms with E-state index in [1.165, 1.54) is 0 Å². The van der Waals surface area contributed by atoms with E-state index in [2.05, 4.69) is 0 Å². The van der Waals surface area contributed by atoms with Crippen molar-refractivity contribution in [3.8, 4) is 0 Å². The molecule has 1 aromatic heterocycles. The normalized spacial score (nSPS) is 15.5. The second-order valence-corrected chi connectivity index (χ2v) is 8.10. The molecule has 2 N–H and O–H groups in total. The number of hydrogen-bond acceptors (Lipinski definition) is 4. The molecule has 6 heteroatoms. The Morgan fingerprint density at radius 2 is 2.10 bits per heavy atom. The zero-order valence-electron chi connectivity index (χ0n) is 11.8. The van der Waals surface area contributed by atoms with Gasteiger partial charge in [-0.15, -0.1) is 0 Å². The van der Waals surface area contributed by atoms with Crippen LogP contribution in [0.15, 0.2) is 39.9 Å². The molecule has 0 atom stereocenters. The summed E-state index contributed by atoms with van der Waals surface area (Å²) in [5.74, 6) is 0. The van der Waals surface area contributed by atoms with Gasteiger partial charge in [0.25, 0.3) is 0 Å². The van der Waals surface area contributed by atoms with E-state index in [9.17, 15) is 8.42 Å². The fourth-order valence-corrected chi connectivity index (χ4v) is 4.62. The van der Waals surface area contributed by atoms with Crippen molar-refractivity contribution in [1.29, 1.82) is 0 Å². The van der Waals surface area contributed by atoms with Crippen LogP contribution in [-0.4, -0.2) is 18.8 Å². The molecule has 0 amide bonds. The van der Waals surface area contributed by atoms with E-state index in [-0.39, 0.29) is 10.9 Å². The summed E-state index contributed by atoms with van der Waals surface area (Å²) in [6.45, 7) is 2.31. The van der Waals surface area contributed by atoms with E-state index >= 15 is 0 Å². The molecule has 1 aliphatic rings. The van der Waals surface area contributed by atoms with E-state index in [0.29, 0.717) is 12.2 Å². The molecule has 0 aliphatic heterocycles. The van der Waals surface area contributed by atoms with Crippen LogP contribution in [0.2, 0.25) is 0 Å². The first-order valence-electron chi connectivity index (χ1n) is 6.87. The van der Waals surface area contributed by atoms with Crippen molar-refractivity contribution in [2.45, 2.75) is 37.2 Å². The van der Waals surface area contributed by atoms with Gasteiger partial charge >= 0.3 is 0 Å². The highest BCUT2D eigenvalue weighted by Gasteiger charge is 2.38. The summed E-state index contributed by atoms with van der Waals surface area (Å²) in [5.41, 5.74) is 8.31. The standard InChI is InChI=1S/C15H18N2O2S2/c1-11-2-5-14(8-15(11)16)21(18,19)17(13-3-4-13)9-12-6-7-20-10-12/h2,5-8,10,13H,3-4,9,16H2,1H3. The van der Waals surface area contributed by atoms with Crippen LogP contribution >= 0.6 is 11.3 Å². The topological polar surface area (TPSA) is 63.4 Å². The molecule has 0 radical (unpaired) electrons. The molecule has 112 valence electrons. The molecule has 2 aromatic rings. The van der Waals surface area contributed by atoms with Gasteiger partial charge in [0, 0.05) is 18.3 Å². The van der Waals surface area contributed by atoms with Gasteiger partial charge in [-0.3, -0.25) is 0 Å². The van der Waals surface area contributed by atoms with Gasteiger partial charge in [-0.2, -0.15) is 15.6 Å². The van der Waals surface area contributed by atoms with Crippen molar-refractivity contribution in [1.82, 2.24) is 4.31 Å². The lowest BCUT2D eigenvalue weighted by atomic mass is 10.2. The Morgan fingerprint density at radius 3 is 2.67 bits per heavy atom. The highest BCUT2D eigenvalue weighted by atomic mass is 32.2. The number of nitrogens with zero attached hydrogens (tertiary/aromatic N) is 1. The van der Waals surface area contributed by atoms with Crippen molar-refractivity contribution in [3.63, 3.8) is 0 Å². The first-order chi connectivity index (χ1) is 9.98. The molecule has 1 aliphatic carbocycles. The van der Waals surface area contributed by atoms with Crippen LogP contribution in [0, 0.1) is 6.92 Å². The first kappa shape index (κ1) is 14.6. The molecule has 3 rings (SSSR count). The lowest BCUT2D eigenvalue weighted by Gasteiger charge is -2.22. The second kappa shape index (κ2) is 5.44. The Bertz CT molecular complexity index is 735. The number of benzene rings is 1. The van der Waals surface area contributed by atoms with Crippen LogP contribution in [0.3, 0.4) is 0 Å². The number of hydrogen-bond donors (Lipinski definition) is 1. The predicted octanol–water partition coefficient (Wildman–Crippen LogP) is 2.99. The number of aryl methyl sites for hydroxylation is 1. The Kier molecular flexibility index (Phi) is 3.77. The third kappa shape index (κ3) is 2.97. The SMILES string of the molecule is Cc1ccc(S(=O)(=O)N(Cc2ccsc2)C2CC2)cc1N. The largest absolute Gasteiger partial charge is 0.398 e. The first-order valence-corrected chi connectivity index (χ1v) is 9.26. The monoisotopic (exact) mass is 322 g/mol. The highest BCUT2D eigenvalue weighted by Crippen LogP contribution is 2.34. The maximum Gasteiger partial charge on any atom is 0.243 e. The highest BCUT2D eigenvalue weighted by molar-refractivity contribution is 7.89. The number of rotatable bonds is 5. The number of nitrogens with two attached hydrogens (primary N) is 1. The van der Waals surface area contributed by atoms with Crippen LogP contribution in [0.25, 0.3) is 0 Å². The van der Waals surface area contributed by atoms with Gasteiger partial charge in [-0.25, -0.2) is 8.42 Å². The summed E-state index contributed by atoms with van der Waals surface area (Å²) >= 11 is 1.58. The lowest BCUT2D eigenvalue weighted by Crippen LogP contribution is -2.32. The van der Waals surface area contributed by atoms with E-state index in [1.54, 1.807) is 33.8 Å². The Hall–Kier alpha value is -1.37. The third-order valence-corrected chi connectivity index (χ3v) is 6.36. The molecule has 1 saturated carbocycles. The molecule has 1 aromatic carbocycles. The van der Waals surface area contributed by atoms with Gasteiger partial charge in [-0.05, 0) is 59.9 Å². The van der Waals surface area contributed by atoms with Crippen LogP contribution in [0.4, 0.5) is 5.69 Å². The van der Waals surface area contributed by atoms with Crippen molar-refractivity contribution >= 4 is 27.0 Å². The Morgan fingerprint density at radius 1 is 1.33 bits per heavy atom. The van der Waals surface area contributed by atoms with Crippen LogP contribution in [-0.2, 0) is 16.6 Å². The minimum Gasteiger partial charge on any atom is -0.398 e. The molecule has 0 unspecified atom stereocenters. The lowest BCUT2D eigenvalue weighted by molar-refractivity contribution is 0.399. The third-order valence-electron chi connectivity index (χ3n) is 3.73. The molecule has 1 heterocycles. The van der Waals surface area contributed by atoms with Gasteiger partial charge in [-0.1, -0.05) is 6.07 Å². The molecule has 0 saturated heterocycles. The van der Waals surface area contributed by atoms with Gasteiger partial charge in [0.05, 0.1) is 4.90 Å². The van der Waals surface area contributed by atoms with E-state index < -0.39 is 10.0 Å². The number of sulfonamides is 1. The van der Waals surface area contributed by atoms with Gasteiger partial charge < -0.3 is 5.73 Å². The maximum atomic E-state index is 12.9. The summed E-state index contributed by atoms with van der Waals surface area (Å²) in [6.07, 6.45) is 1.87. The smallest absolute Gasteiger partial charge is 0.243 e. The van der Waals surface area contributed by atoms with Gasteiger partial charge in [0.2, 0.25) is 10.0 Å². The van der Waals surface area contributed by atoms with E-state index in [4.69, 9.17) is 5.73 Å². The van der Waals surface area contributed by atoms with Gasteiger partial charge in [0.15, 0.2) is 0 Å². The average Bonchev–Trinajstić information content (AvgIpc) is 3.15. The molecular weight excluding hydrogens is 304 g/mol. The quantitative estimate of drug-likeness (QED) is 0.861. The predicted molar refractivity (Wildman–Crippen MR) is 85.7 cm³/mol. The van der Waals surface area contributed by atoms with E-state index in [1.807, 2.05) is 23.8 Å². The van der Waals surface area contributed by atoms with Crippen molar-refractivity contribution in [2.75, 3.05) is 5.73 Å². The van der Waals surface area contributed by atoms with Gasteiger partial charge in [0.1, 0.15) is 0 Å². The van der Waals surface area contributed by atoms with Crippen LogP contribution in [0.5, 0.6) is 0 Å². The van der Waals surface area contributed by atoms with Crippen molar-refractivity contribution < 1.29 is 8.42 Å². The maximum absolute atomic E-state index is 12.9. The van der Waals surface area contributed by atoms with Crippen molar-refractivity contribution in [3.05, 3.63) is 46.2 Å². The minimum absolute atomic E-state index is 0.123. The average molecular weight is 322 g/mol. The Labute approximate surface area is 129 Å². The number of thiophene rings is 1. The summed E-state index contributed by atoms with van der Waals surface area (Å²) in [5, 5.41) is 3.96. The summed E-state index contributed by atoms with van der Waals surface area (Å²) < 4.78 is 27.4. The molecule has 0 bridgehead atoms. The molecule has 1 fully saturated rings.